The number of carbonyl (C=O) groups excluding carboxylic acids is 1. The lowest BCUT2D eigenvalue weighted by Gasteiger charge is -2.08. The Bertz CT molecular complexity index is 1100. The van der Waals surface area contributed by atoms with Crippen LogP contribution in [0.4, 0.5) is 5.69 Å². The highest BCUT2D eigenvalue weighted by Gasteiger charge is 2.15. The molecule has 0 spiro atoms. The number of nitrogens with zero attached hydrogens (tertiary/aromatic N) is 2. The van der Waals surface area contributed by atoms with E-state index in [-0.39, 0.29) is 17.3 Å². The number of fused-ring (bicyclic) bond motifs is 1. The van der Waals surface area contributed by atoms with Gasteiger partial charge in [0.2, 0.25) is 15.9 Å². The van der Waals surface area contributed by atoms with Gasteiger partial charge in [-0.15, -0.1) is 0 Å². The maximum atomic E-state index is 12.6. The first kappa shape index (κ1) is 21.0. The minimum atomic E-state index is -3.63. The zero-order valence-corrected chi connectivity index (χ0v) is 17.7. The Hall–Kier alpha value is -2.71. The van der Waals surface area contributed by atoms with Crippen molar-refractivity contribution in [1.82, 2.24) is 14.3 Å². The summed E-state index contributed by atoms with van der Waals surface area (Å²) in [5.74, 6) is 0.282. The number of anilines is 1. The predicted molar refractivity (Wildman–Crippen MR) is 114 cm³/mol. The summed E-state index contributed by atoms with van der Waals surface area (Å²) in [6, 6.07) is 10.0. The Morgan fingerprint density at radius 3 is 2.55 bits per heavy atom. The molecule has 1 aromatic carbocycles. The normalized spacial score (nSPS) is 11.9. The van der Waals surface area contributed by atoms with Crippen molar-refractivity contribution < 1.29 is 13.2 Å². The molecule has 154 valence electrons. The van der Waals surface area contributed by atoms with Crippen molar-refractivity contribution >= 4 is 32.7 Å². The second kappa shape index (κ2) is 8.75. The van der Waals surface area contributed by atoms with E-state index in [9.17, 15) is 13.2 Å². The van der Waals surface area contributed by atoms with Crippen LogP contribution < -0.4 is 10.0 Å². The van der Waals surface area contributed by atoms with E-state index in [1.165, 1.54) is 19.1 Å². The van der Waals surface area contributed by atoms with Gasteiger partial charge in [-0.2, -0.15) is 0 Å². The first-order valence-corrected chi connectivity index (χ1v) is 11.0. The Balaban J connectivity index is 1.70. The highest BCUT2D eigenvalue weighted by Crippen LogP contribution is 2.21. The van der Waals surface area contributed by atoms with Crippen LogP contribution in [-0.2, 0) is 27.8 Å². The molecule has 0 radical (unpaired) electrons. The van der Waals surface area contributed by atoms with Gasteiger partial charge in [0.25, 0.3) is 0 Å². The highest BCUT2D eigenvalue weighted by molar-refractivity contribution is 7.89. The van der Waals surface area contributed by atoms with Gasteiger partial charge < -0.3 is 9.88 Å². The number of sulfonamides is 1. The molecule has 0 aliphatic heterocycles. The molecule has 2 aromatic heterocycles. The number of nitrogens with one attached hydrogen (secondary N) is 2. The van der Waals surface area contributed by atoms with Crippen LogP contribution in [0.15, 0.2) is 53.7 Å². The van der Waals surface area contributed by atoms with Crippen LogP contribution in [0.25, 0.3) is 11.0 Å². The smallest absolute Gasteiger partial charge is 0.240 e. The van der Waals surface area contributed by atoms with Crippen LogP contribution in [0.2, 0.25) is 0 Å². The molecule has 7 nitrogen and oxygen atoms in total. The van der Waals surface area contributed by atoms with E-state index in [1.54, 1.807) is 18.3 Å². The molecule has 0 aliphatic rings. The molecule has 0 fully saturated rings. The summed E-state index contributed by atoms with van der Waals surface area (Å²) in [6.45, 7) is 6.85. The van der Waals surface area contributed by atoms with Crippen LogP contribution in [0.3, 0.4) is 0 Å². The fourth-order valence-electron chi connectivity index (χ4n) is 3.25. The molecule has 3 rings (SSSR count). The number of rotatable bonds is 8. The molecule has 0 unspecified atom stereocenters. The van der Waals surface area contributed by atoms with Crippen LogP contribution in [0.5, 0.6) is 0 Å². The minimum absolute atomic E-state index is 0.163. The van der Waals surface area contributed by atoms with E-state index in [2.05, 4.69) is 39.6 Å². The van der Waals surface area contributed by atoms with Crippen molar-refractivity contribution in [2.45, 2.75) is 38.6 Å². The molecule has 0 atom stereocenters. The van der Waals surface area contributed by atoms with Crippen molar-refractivity contribution in [2.24, 2.45) is 5.92 Å². The van der Waals surface area contributed by atoms with Crippen molar-refractivity contribution in [2.75, 3.05) is 11.9 Å². The van der Waals surface area contributed by atoms with Crippen molar-refractivity contribution in [3.05, 3.63) is 54.4 Å². The summed E-state index contributed by atoms with van der Waals surface area (Å²) in [7, 11) is -3.63. The fraction of sp³-hybridized carbons (Fsp3) is 0.333. The molecule has 0 bridgehead atoms. The molecular weight excluding hydrogens is 388 g/mol. The van der Waals surface area contributed by atoms with Crippen LogP contribution in [0.1, 0.15) is 26.3 Å². The molecule has 1 amide bonds. The number of aromatic nitrogens is 2. The van der Waals surface area contributed by atoms with E-state index in [0.717, 1.165) is 23.1 Å². The maximum Gasteiger partial charge on any atom is 0.240 e. The molecule has 0 aliphatic carbocycles. The number of hydrogen-bond donors (Lipinski definition) is 2. The lowest BCUT2D eigenvalue weighted by molar-refractivity contribution is -0.114. The summed E-state index contributed by atoms with van der Waals surface area (Å²) < 4.78 is 29.9. The second-order valence-corrected chi connectivity index (χ2v) is 9.20. The van der Waals surface area contributed by atoms with Gasteiger partial charge >= 0.3 is 0 Å². The quantitative estimate of drug-likeness (QED) is 0.592. The molecular formula is C21H26N4O3S. The lowest BCUT2D eigenvalue weighted by Crippen LogP contribution is -2.26. The predicted octanol–water partition coefficient (Wildman–Crippen LogP) is 3.17. The van der Waals surface area contributed by atoms with Gasteiger partial charge in [0.15, 0.2) is 0 Å². The SMILES string of the molecule is CC(=O)Nc1ccc(S(=O)(=O)NCCc2cn(CC(C)C)c3ncccc23)cc1. The zero-order chi connectivity index (χ0) is 21.0. The van der Waals surface area contributed by atoms with Gasteiger partial charge in [-0.3, -0.25) is 4.79 Å². The third-order valence-electron chi connectivity index (χ3n) is 4.45. The molecule has 29 heavy (non-hydrogen) atoms. The Morgan fingerprint density at radius 1 is 1.17 bits per heavy atom. The largest absolute Gasteiger partial charge is 0.332 e. The van der Waals surface area contributed by atoms with Gasteiger partial charge in [-0.1, -0.05) is 13.8 Å². The van der Waals surface area contributed by atoms with Crippen LogP contribution in [-0.4, -0.2) is 30.4 Å². The summed E-state index contributed by atoms with van der Waals surface area (Å²) in [5.41, 5.74) is 2.55. The van der Waals surface area contributed by atoms with Crippen molar-refractivity contribution in [3.63, 3.8) is 0 Å². The summed E-state index contributed by atoms with van der Waals surface area (Å²) in [6.07, 6.45) is 4.40. The van der Waals surface area contributed by atoms with Gasteiger partial charge in [-0.05, 0) is 54.3 Å². The van der Waals surface area contributed by atoms with Crippen molar-refractivity contribution in [1.29, 1.82) is 0 Å². The fourth-order valence-corrected chi connectivity index (χ4v) is 4.28. The molecule has 2 N–H and O–H groups in total. The van der Waals surface area contributed by atoms with Crippen LogP contribution >= 0.6 is 0 Å². The van der Waals surface area contributed by atoms with E-state index in [4.69, 9.17) is 0 Å². The third-order valence-corrected chi connectivity index (χ3v) is 5.93. The second-order valence-electron chi connectivity index (χ2n) is 7.43. The number of pyridine rings is 1. The first-order valence-electron chi connectivity index (χ1n) is 9.56. The van der Waals surface area contributed by atoms with E-state index >= 15 is 0 Å². The standard InChI is InChI=1S/C21H26N4O3S/c1-15(2)13-25-14-17(20-5-4-11-22-21(20)25)10-12-23-29(27,28)19-8-6-18(7-9-19)24-16(3)26/h4-9,11,14-15,23H,10,12-13H2,1-3H3,(H,24,26). The van der Waals surface area contributed by atoms with Gasteiger partial charge in [0.1, 0.15) is 5.65 Å². The van der Waals surface area contributed by atoms with Crippen LogP contribution in [0, 0.1) is 5.92 Å². The number of benzene rings is 1. The molecule has 3 aromatic rings. The van der Waals surface area contributed by atoms with Gasteiger partial charge in [-0.25, -0.2) is 18.1 Å². The Kier molecular flexibility index (Phi) is 6.34. The third kappa shape index (κ3) is 5.21. The number of carbonyl (C=O) groups is 1. The summed E-state index contributed by atoms with van der Waals surface area (Å²) in [4.78, 5) is 15.7. The average molecular weight is 415 g/mol. The molecule has 0 saturated heterocycles. The summed E-state index contributed by atoms with van der Waals surface area (Å²) in [5, 5.41) is 3.67. The maximum absolute atomic E-state index is 12.6. The lowest BCUT2D eigenvalue weighted by atomic mass is 10.2. The Morgan fingerprint density at radius 2 is 1.90 bits per heavy atom. The molecule has 0 saturated carbocycles. The topological polar surface area (TPSA) is 93.1 Å². The van der Waals surface area contributed by atoms with Crippen molar-refractivity contribution in [3.8, 4) is 0 Å². The van der Waals surface area contributed by atoms with E-state index in [0.29, 0.717) is 18.0 Å². The number of hydrogen-bond acceptors (Lipinski definition) is 4. The van der Waals surface area contributed by atoms with Gasteiger partial charge in [0, 0.05) is 43.5 Å². The summed E-state index contributed by atoms with van der Waals surface area (Å²) >= 11 is 0. The molecule has 8 heteroatoms. The first-order chi connectivity index (χ1) is 13.8. The van der Waals surface area contributed by atoms with E-state index < -0.39 is 10.0 Å². The minimum Gasteiger partial charge on any atom is -0.332 e. The molecule has 2 heterocycles. The zero-order valence-electron chi connectivity index (χ0n) is 16.8. The van der Waals surface area contributed by atoms with E-state index in [1.807, 2.05) is 12.1 Å². The Labute approximate surface area is 171 Å². The monoisotopic (exact) mass is 414 g/mol. The number of amides is 1. The van der Waals surface area contributed by atoms with Gasteiger partial charge in [0.05, 0.1) is 4.90 Å². The average Bonchev–Trinajstić information content (AvgIpc) is 2.99. The highest BCUT2D eigenvalue weighted by atomic mass is 32.2.